The second kappa shape index (κ2) is 9.75. The molecule has 0 aliphatic rings. The van der Waals surface area contributed by atoms with Crippen LogP contribution in [0, 0.1) is 5.82 Å². The van der Waals surface area contributed by atoms with Crippen LogP contribution < -0.4 is 0 Å². The molecule has 162 valence electrons. The molecule has 0 aliphatic heterocycles. The van der Waals surface area contributed by atoms with E-state index < -0.39 is 5.82 Å². The first-order chi connectivity index (χ1) is 15.5. The van der Waals surface area contributed by atoms with Crippen LogP contribution in [0.25, 0.3) is 11.4 Å². The van der Waals surface area contributed by atoms with Crippen molar-refractivity contribution in [1.29, 1.82) is 0 Å². The minimum Gasteiger partial charge on any atom is -0.339 e. The molecule has 0 saturated heterocycles. The SMILES string of the molecule is C[C@@H](c1ccccc1)N(CCc1nc(-c2cccc(Cl)c2)no1)C(=O)c1cccc(F)c1. The van der Waals surface area contributed by atoms with Gasteiger partial charge in [0, 0.05) is 29.1 Å². The van der Waals surface area contributed by atoms with Crippen molar-refractivity contribution in [3.05, 3.63) is 107 Å². The minimum absolute atomic E-state index is 0.234. The molecule has 0 aliphatic carbocycles. The summed E-state index contributed by atoms with van der Waals surface area (Å²) in [5.74, 6) is 0.112. The van der Waals surface area contributed by atoms with E-state index in [4.69, 9.17) is 16.1 Å². The van der Waals surface area contributed by atoms with Crippen molar-refractivity contribution in [3.63, 3.8) is 0 Å². The van der Waals surface area contributed by atoms with Gasteiger partial charge in [0.2, 0.25) is 11.7 Å². The molecule has 4 aromatic rings. The third kappa shape index (κ3) is 5.03. The number of rotatable bonds is 7. The Hall–Kier alpha value is -3.51. The van der Waals surface area contributed by atoms with Gasteiger partial charge < -0.3 is 9.42 Å². The molecule has 7 heteroatoms. The highest BCUT2D eigenvalue weighted by molar-refractivity contribution is 6.30. The quantitative estimate of drug-likeness (QED) is 0.348. The summed E-state index contributed by atoms with van der Waals surface area (Å²) < 4.78 is 19.1. The normalized spacial score (nSPS) is 11.8. The molecular formula is C25H21ClFN3O2. The molecule has 0 unspecified atom stereocenters. The molecule has 3 aromatic carbocycles. The molecule has 1 heterocycles. The number of hydrogen-bond donors (Lipinski definition) is 0. The number of carbonyl (C=O) groups excluding carboxylic acids is 1. The topological polar surface area (TPSA) is 59.2 Å². The number of carbonyl (C=O) groups is 1. The van der Waals surface area contributed by atoms with Gasteiger partial charge in [-0.25, -0.2) is 4.39 Å². The van der Waals surface area contributed by atoms with Gasteiger partial charge in [-0.1, -0.05) is 65.3 Å². The van der Waals surface area contributed by atoms with E-state index in [2.05, 4.69) is 10.1 Å². The fourth-order valence-electron chi connectivity index (χ4n) is 3.49. The second-order valence-corrected chi connectivity index (χ2v) is 7.80. The van der Waals surface area contributed by atoms with Crippen LogP contribution in [0.4, 0.5) is 4.39 Å². The Morgan fingerprint density at radius 1 is 1.06 bits per heavy atom. The summed E-state index contributed by atoms with van der Waals surface area (Å²) in [6.45, 7) is 2.26. The van der Waals surface area contributed by atoms with Gasteiger partial charge in [0.15, 0.2) is 0 Å². The zero-order chi connectivity index (χ0) is 22.5. The van der Waals surface area contributed by atoms with E-state index in [0.717, 1.165) is 11.1 Å². The van der Waals surface area contributed by atoms with Gasteiger partial charge in [0.1, 0.15) is 5.82 Å². The van der Waals surface area contributed by atoms with E-state index in [0.29, 0.717) is 29.7 Å². The van der Waals surface area contributed by atoms with Crippen molar-refractivity contribution >= 4 is 17.5 Å². The Balaban J connectivity index is 1.56. The summed E-state index contributed by atoms with van der Waals surface area (Å²) in [4.78, 5) is 19.4. The predicted octanol–water partition coefficient (Wildman–Crippen LogP) is 5.98. The second-order valence-electron chi connectivity index (χ2n) is 7.37. The predicted molar refractivity (Wildman–Crippen MR) is 121 cm³/mol. The summed E-state index contributed by atoms with van der Waals surface area (Å²) in [5, 5.41) is 4.61. The van der Waals surface area contributed by atoms with Crippen LogP contribution in [0.15, 0.2) is 83.4 Å². The highest BCUT2D eigenvalue weighted by atomic mass is 35.5. The lowest BCUT2D eigenvalue weighted by atomic mass is 10.0. The molecule has 32 heavy (non-hydrogen) atoms. The molecular weight excluding hydrogens is 429 g/mol. The number of hydrogen-bond acceptors (Lipinski definition) is 4. The number of aromatic nitrogens is 2. The highest BCUT2D eigenvalue weighted by Gasteiger charge is 2.24. The zero-order valence-corrected chi connectivity index (χ0v) is 18.2. The smallest absolute Gasteiger partial charge is 0.254 e. The van der Waals surface area contributed by atoms with Gasteiger partial charge in [0.05, 0.1) is 6.04 Å². The largest absolute Gasteiger partial charge is 0.339 e. The van der Waals surface area contributed by atoms with Gasteiger partial charge in [-0.3, -0.25) is 4.79 Å². The summed E-state index contributed by atoms with van der Waals surface area (Å²) in [7, 11) is 0. The molecule has 4 rings (SSSR count). The monoisotopic (exact) mass is 449 g/mol. The average Bonchev–Trinajstić information content (AvgIpc) is 3.28. The molecule has 0 radical (unpaired) electrons. The fourth-order valence-corrected chi connectivity index (χ4v) is 3.68. The number of halogens is 2. The van der Waals surface area contributed by atoms with E-state index in [1.807, 2.05) is 49.4 Å². The maximum atomic E-state index is 13.7. The van der Waals surface area contributed by atoms with Gasteiger partial charge in [-0.15, -0.1) is 0 Å². The van der Waals surface area contributed by atoms with E-state index in [1.165, 1.54) is 18.2 Å². The van der Waals surface area contributed by atoms with Crippen molar-refractivity contribution < 1.29 is 13.7 Å². The van der Waals surface area contributed by atoms with Gasteiger partial charge >= 0.3 is 0 Å². The lowest BCUT2D eigenvalue weighted by Crippen LogP contribution is -2.35. The average molecular weight is 450 g/mol. The Labute approximate surface area is 190 Å². The first kappa shape index (κ1) is 21.7. The summed E-state index contributed by atoms with van der Waals surface area (Å²) >= 11 is 6.04. The third-order valence-corrected chi connectivity index (χ3v) is 5.43. The maximum absolute atomic E-state index is 13.7. The molecule has 0 N–H and O–H groups in total. The molecule has 1 atom stereocenters. The van der Waals surface area contributed by atoms with Crippen molar-refractivity contribution in [1.82, 2.24) is 15.0 Å². The van der Waals surface area contributed by atoms with E-state index in [1.54, 1.807) is 23.1 Å². The van der Waals surface area contributed by atoms with Crippen molar-refractivity contribution in [2.45, 2.75) is 19.4 Å². The molecule has 5 nitrogen and oxygen atoms in total. The zero-order valence-electron chi connectivity index (χ0n) is 17.4. The van der Waals surface area contributed by atoms with Crippen LogP contribution >= 0.6 is 11.6 Å². The minimum atomic E-state index is -0.453. The fraction of sp³-hybridized carbons (Fsp3) is 0.160. The van der Waals surface area contributed by atoms with Crippen molar-refractivity contribution in [2.75, 3.05) is 6.54 Å². The lowest BCUT2D eigenvalue weighted by molar-refractivity contribution is 0.0688. The van der Waals surface area contributed by atoms with Gasteiger partial charge in [-0.2, -0.15) is 4.98 Å². The molecule has 0 spiro atoms. The summed E-state index contributed by atoms with van der Waals surface area (Å²) in [6.07, 6.45) is 0.353. The molecule has 1 aromatic heterocycles. The van der Waals surface area contributed by atoms with Crippen molar-refractivity contribution in [2.24, 2.45) is 0 Å². The van der Waals surface area contributed by atoms with Crippen LogP contribution in [-0.4, -0.2) is 27.5 Å². The highest BCUT2D eigenvalue weighted by Crippen LogP contribution is 2.24. The molecule has 0 bridgehead atoms. The number of amides is 1. The Kier molecular flexibility index (Phi) is 6.61. The van der Waals surface area contributed by atoms with Crippen LogP contribution in [0.5, 0.6) is 0 Å². The third-order valence-electron chi connectivity index (χ3n) is 5.20. The van der Waals surface area contributed by atoms with E-state index in [-0.39, 0.29) is 17.5 Å². The van der Waals surface area contributed by atoms with Gasteiger partial charge in [0.25, 0.3) is 5.91 Å². The Morgan fingerprint density at radius 3 is 2.59 bits per heavy atom. The molecule has 1 amide bonds. The van der Waals surface area contributed by atoms with E-state index in [9.17, 15) is 9.18 Å². The Morgan fingerprint density at radius 2 is 1.84 bits per heavy atom. The maximum Gasteiger partial charge on any atom is 0.254 e. The standard InChI is InChI=1S/C25H21ClFN3O2/c1-17(18-7-3-2-4-8-18)30(25(31)20-10-6-12-22(27)16-20)14-13-23-28-24(29-32-23)19-9-5-11-21(26)15-19/h2-12,15-17H,13-14H2,1H3/t17-/m0/s1. The summed E-state index contributed by atoms with van der Waals surface area (Å²) in [5.41, 5.74) is 2.01. The first-order valence-electron chi connectivity index (χ1n) is 10.2. The van der Waals surface area contributed by atoms with Crippen LogP contribution in [0.2, 0.25) is 5.02 Å². The molecule has 0 fully saturated rings. The lowest BCUT2D eigenvalue weighted by Gasteiger charge is -2.29. The van der Waals surface area contributed by atoms with Crippen LogP contribution in [0.3, 0.4) is 0 Å². The first-order valence-corrected chi connectivity index (χ1v) is 10.6. The van der Waals surface area contributed by atoms with Crippen molar-refractivity contribution in [3.8, 4) is 11.4 Å². The number of nitrogens with zero attached hydrogens (tertiary/aromatic N) is 3. The van der Waals surface area contributed by atoms with E-state index >= 15 is 0 Å². The van der Waals surface area contributed by atoms with Crippen LogP contribution in [-0.2, 0) is 6.42 Å². The summed E-state index contributed by atoms with van der Waals surface area (Å²) in [6, 6.07) is 22.3. The van der Waals surface area contributed by atoms with Gasteiger partial charge in [-0.05, 0) is 42.8 Å². The Bertz CT molecular complexity index is 1210. The van der Waals surface area contributed by atoms with Crippen LogP contribution in [0.1, 0.15) is 34.8 Å². The molecule has 0 saturated carbocycles. The number of benzene rings is 3.